The van der Waals surface area contributed by atoms with Gasteiger partial charge in [0.15, 0.2) is 0 Å². The van der Waals surface area contributed by atoms with Crippen LogP contribution in [0, 0.1) is 6.54 Å². The summed E-state index contributed by atoms with van der Waals surface area (Å²) in [7, 11) is 1.95. The van der Waals surface area contributed by atoms with Crippen LogP contribution in [-0.4, -0.2) is 24.6 Å². The highest BCUT2D eigenvalue weighted by atomic mass is 32.2. The molecule has 0 radical (unpaired) electrons. The van der Waals surface area contributed by atoms with Crippen molar-refractivity contribution in [1.82, 2.24) is 0 Å². The molecule has 14 heavy (non-hydrogen) atoms. The van der Waals surface area contributed by atoms with Gasteiger partial charge in [-0.1, -0.05) is 30.7 Å². The van der Waals surface area contributed by atoms with E-state index in [0.717, 1.165) is 6.42 Å². The third kappa shape index (κ3) is 4.56. The second-order valence-electron chi connectivity index (χ2n) is 2.90. The van der Waals surface area contributed by atoms with Gasteiger partial charge in [-0.05, 0) is 12.7 Å². The largest absolute Gasteiger partial charge is 0.293 e. The highest BCUT2D eigenvalue weighted by Gasteiger charge is 2.03. The number of thioether (sulfide) groups is 1. The summed E-state index contributed by atoms with van der Waals surface area (Å²) in [5.74, 6) is 0. The molecule has 0 saturated carbocycles. The summed E-state index contributed by atoms with van der Waals surface area (Å²) in [5, 5.41) is 0. The average Bonchev–Trinajstić information content (AvgIpc) is 2.21. The third-order valence-electron chi connectivity index (χ3n) is 1.72. The highest BCUT2D eigenvalue weighted by Crippen LogP contribution is 2.28. The van der Waals surface area contributed by atoms with Crippen LogP contribution in [0.15, 0.2) is 22.6 Å². The quantitative estimate of drug-likeness (QED) is 0.392. The molecule has 0 spiro atoms. The van der Waals surface area contributed by atoms with E-state index in [2.05, 4.69) is 31.7 Å². The predicted molar refractivity (Wildman–Crippen MR) is 67.9 cm³/mol. The molecule has 2 heteroatoms. The van der Waals surface area contributed by atoms with Crippen LogP contribution in [-0.2, 0) is 0 Å². The lowest BCUT2D eigenvalue weighted by Gasteiger charge is -2.18. The number of likely N-dealkylation sites (N-methyl/N-ethyl adjacent to an activating group) is 1. The minimum absolute atomic E-state index is 1.16. The zero-order valence-electron chi connectivity index (χ0n) is 9.71. The van der Waals surface area contributed by atoms with Gasteiger partial charge >= 0.3 is 0 Å². The predicted octanol–water partition coefficient (Wildman–Crippen LogP) is 3.48. The summed E-state index contributed by atoms with van der Waals surface area (Å²) in [6.45, 7) is 9.87. The van der Waals surface area contributed by atoms with Crippen molar-refractivity contribution in [2.24, 2.45) is 0 Å². The minimum Gasteiger partial charge on any atom is -0.293 e. The van der Waals surface area contributed by atoms with Gasteiger partial charge in [-0.3, -0.25) is 4.58 Å². The summed E-state index contributed by atoms with van der Waals surface area (Å²) >= 11 is 1.80. The molecule has 80 valence electrons. The van der Waals surface area contributed by atoms with Crippen molar-refractivity contribution in [2.75, 3.05) is 13.3 Å². The molecule has 0 heterocycles. The molecule has 1 rings (SSSR count). The minimum atomic E-state index is 1.16. The molecule has 0 aromatic carbocycles. The summed E-state index contributed by atoms with van der Waals surface area (Å²) in [6, 6.07) is 0. The van der Waals surface area contributed by atoms with Crippen molar-refractivity contribution < 1.29 is 4.58 Å². The lowest BCUT2D eigenvalue weighted by atomic mass is 10.1. The van der Waals surface area contributed by atoms with Gasteiger partial charge in [0, 0.05) is 0 Å². The van der Waals surface area contributed by atoms with Gasteiger partial charge in [-0.25, -0.2) is 0 Å². The van der Waals surface area contributed by atoms with Gasteiger partial charge in [0.2, 0.25) is 0 Å². The normalized spacial score (nSPS) is 14.6. The zero-order valence-corrected chi connectivity index (χ0v) is 10.5. The smallest absolute Gasteiger partial charge is 0.120 e. The van der Waals surface area contributed by atoms with Gasteiger partial charge in [-0.15, -0.1) is 12.2 Å². The van der Waals surface area contributed by atoms with Crippen molar-refractivity contribution in [3.05, 3.63) is 29.2 Å². The van der Waals surface area contributed by atoms with E-state index >= 15 is 0 Å². The van der Waals surface area contributed by atoms with Crippen LogP contribution in [0.3, 0.4) is 0 Å². The van der Waals surface area contributed by atoms with E-state index in [1.165, 1.54) is 16.9 Å². The molecule has 0 atom stereocenters. The fraction of sp³-hybridized carbons (Fsp3) is 0.500. The van der Waals surface area contributed by atoms with Crippen molar-refractivity contribution in [1.29, 1.82) is 0 Å². The standard InChI is InChI=1S/C10H15NS.C2H6/c1-11(2)8-9-6-4-5-7-10(9)12-3;1-2/h6-8H,1,4-5H2,2-3H3;1-2H3. The third-order valence-corrected chi connectivity index (χ3v) is 2.57. The van der Waals surface area contributed by atoms with Crippen LogP contribution in [0.25, 0.3) is 0 Å². The first-order valence-corrected chi connectivity index (χ1v) is 6.29. The Morgan fingerprint density at radius 3 is 2.43 bits per heavy atom. The van der Waals surface area contributed by atoms with Crippen molar-refractivity contribution in [2.45, 2.75) is 26.7 Å². The maximum Gasteiger partial charge on any atom is 0.120 e. The Morgan fingerprint density at radius 2 is 1.93 bits per heavy atom. The van der Waals surface area contributed by atoms with E-state index in [1.54, 1.807) is 11.8 Å². The number of hydrogen-bond donors (Lipinski definition) is 0. The van der Waals surface area contributed by atoms with Crippen LogP contribution in [0.4, 0.5) is 0 Å². The summed E-state index contributed by atoms with van der Waals surface area (Å²) in [5.41, 5.74) is 1.31. The second kappa shape index (κ2) is 7.74. The molecule has 0 aliphatic heterocycles. The van der Waals surface area contributed by atoms with Gasteiger partial charge in [0.1, 0.15) is 7.05 Å². The average molecular weight is 211 g/mol. The molecule has 1 aliphatic rings. The molecule has 0 fully saturated rings. The van der Waals surface area contributed by atoms with Crippen molar-refractivity contribution in [3.63, 3.8) is 0 Å². The first kappa shape index (κ1) is 13.4. The number of rotatable bonds is 3. The number of allylic oxidation sites excluding steroid dienone is 2. The Labute approximate surface area is 92.6 Å². The Kier molecular flexibility index (Phi) is 7.40. The van der Waals surface area contributed by atoms with Crippen LogP contribution in [0.2, 0.25) is 0 Å². The maximum atomic E-state index is 3.80. The van der Waals surface area contributed by atoms with E-state index < -0.39 is 0 Å². The Bertz CT molecular complexity index is 239. The summed E-state index contributed by atoms with van der Waals surface area (Å²) in [4.78, 5) is 1.37. The fourth-order valence-electron chi connectivity index (χ4n) is 1.23. The monoisotopic (exact) mass is 211 g/mol. The molecular formula is C12H21NS. The SMILES string of the molecule is C=[N+](C)[CH-]C1=CCCC=C1SC.CC. The van der Waals surface area contributed by atoms with Gasteiger partial charge < -0.3 is 0 Å². The number of hydrogen-bond acceptors (Lipinski definition) is 1. The Balaban J connectivity index is 0.000000791. The number of nitrogens with zero attached hydrogens (tertiary/aromatic N) is 1. The van der Waals surface area contributed by atoms with Gasteiger partial charge in [0.25, 0.3) is 0 Å². The zero-order chi connectivity index (χ0) is 11.0. The van der Waals surface area contributed by atoms with Crippen molar-refractivity contribution in [3.8, 4) is 0 Å². The van der Waals surface area contributed by atoms with Crippen LogP contribution < -0.4 is 0 Å². The molecule has 0 amide bonds. The molecule has 1 nitrogen and oxygen atoms in total. The fourth-order valence-corrected chi connectivity index (χ4v) is 1.88. The van der Waals surface area contributed by atoms with E-state index in [4.69, 9.17) is 0 Å². The first-order valence-electron chi connectivity index (χ1n) is 5.07. The Morgan fingerprint density at radius 1 is 1.36 bits per heavy atom. The molecule has 0 aromatic heterocycles. The van der Waals surface area contributed by atoms with E-state index in [-0.39, 0.29) is 0 Å². The lowest BCUT2D eigenvalue weighted by molar-refractivity contribution is -0.439. The summed E-state index contributed by atoms with van der Waals surface area (Å²) < 4.78 is 1.85. The Hall–Kier alpha value is -0.630. The second-order valence-corrected chi connectivity index (χ2v) is 3.74. The first-order chi connectivity index (χ1) is 6.74. The molecule has 0 saturated heterocycles. The van der Waals surface area contributed by atoms with E-state index in [9.17, 15) is 0 Å². The molecule has 0 aromatic rings. The molecule has 0 unspecified atom stereocenters. The van der Waals surface area contributed by atoms with Gasteiger partial charge in [0.05, 0.1) is 13.3 Å². The molecular weight excluding hydrogens is 190 g/mol. The van der Waals surface area contributed by atoms with Gasteiger partial charge in [-0.2, -0.15) is 11.8 Å². The van der Waals surface area contributed by atoms with E-state index in [1.807, 2.05) is 25.5 Å². The molecule has 0 bridgehead atoms. The van der Waals surface area contributed by atoms with Crippen LogP contribution in [0.1, 0.15) is 26.7 Å². The maximum absolute atomic E-state index is 3.80. The lowest BCUT2D eigenvalue weighted by Crippen LogP contribution is -2.03. The van der Waals surface area contributed by atoms with E-state index in [0.29, 0.717) is 0 Å². The van der Waals surface area contributed by atoms with Crippen LogP contribution >= 0.6 is 11.8 Å². The molecule has 0 N–H and O–H groups in total. The topological polar surface area (TPSA) is 3.01 Å². The summed E-state index contributed by atoms with van der Waals surface area (Å²) in [6.07, 6.45) is 9.01. The van der Waals surface area contributed by atoms with Crippen molar-refractivity contribution >= 4 is 18.5 Å². The van der Waals surface area contributed by atoms with Crippen LogP contribution in [0.5, 0.6) is 0 Å². The highest BCUT2D eigenvalue weighted by molar-refractivity contribution is 8.02. The molecule has 1 aliphatic carbocycles.